The van der Waals surface area contributed by atoms with E-state index in [4.69, 9.17) is 0 Å². The van der Waals surface area contributed by atoms with E-state index in [1.54, 1.807) is 0 Å². The van der Waals surface area contributed by atoms with E-state index in [1.807, 2.05) is 78.6 Å². The first-order valence-corrected chi connectivity index (χ1v) is 13.2. The summed E-state index contributed by atoms with van der Waals surface area (Å²) < 4.78 is 0. The molecular formula is C32H38N2O2. The van der Waals surface area contributed by atoms with Gasteiger partial charge < -0.3 is 10.2 Å². The summed E-state index contributed by atoms with van der Waals surface area (Å²) in [7, 11) is 0. The Morgan fingerprint density at radius 3 is 2.03 bits per heavy atom. The molecule has 4 rings (SSSR count). The maximum atomic E-state index is 14.0. The van der Waals surface area contributed by atoms with E-state index in [-0.39, 0.29) is 24.3 Å². The lowest BCUT2D eigenvalue weighted by molar-refractivity contribution is -0.141. The van der Waals surface area contributed by atoms with Crippen LogP contribution in [0.25, 0.3) is 0 Å². The largest absolute Gasteiger partial charge is 0.352 e. The van der Waals surface area contributed by atoms with Gasteiger partial charge >= 0.3 is 0 Å². The summed E-state index contributed by atoms with van der Waals surface area (Å²) in [6.07, 6.45) is 6.32. The molecule has 0 aromatic heterocycles. The zero-order valence-corrected chi connectivity index (χ0v) is 21.6. The van der Waals surface area contributed by atoms with Gasteiger partial charge in [-0.15, -0.1) is 0 Å². The van der Waals surface area contributed by atoms with E-state index < -0.39 is 6.04 Å². The summed E-state index contributed by atoms with van der Waals surface area (Å²) in [6.45, 7) is 4.51. The average Bonchev–Trinajstić information content (AvgIpc) is 2.89. The van der Waals surface area contributed by atoms with Crippen LogP contribution >= 0.6 is 0 Å². The molecule has 2 amide bonds. The first kappa shape index (κ1) is 25.7. The second-order valence-corrected chi connectivity index (χ2v) is 10.1. The van der Waals surface area contributed by atoms with Gasteiger partial charge in [0.1, 0.15) is 6.04 Å². The molecule has 0 saturated heterocycles. The van der Waals surface area contributed by atoms with Crippen molar-refractivity contribution < 1.29 is 9.59 Å². The van der Waals surface area contributed by atoms with E-state index in [2.05, 4.69) is 24.4 Å². The number of carbonyl (C=O) groups excluding carboxylic acids is 2. The van der Waals surface area contributed by atoms with Crippen molar-refractivity contribution >= 4 is 11.8 Å². The number of hydrogen-bond acceptors (Lipinski definition) is 2. The molecule has 0 bridgehead atoms. The minimum atomic E-state index is -0.578. The molecule has 1 aliphatic rings. The number of carbonyl (C=O) groups is 2. The van der Waals surface area contributed by atoms with E-state index in [1.165, 1.54) is 6.42 Å². The summed E-state index contributed by atoms with van der Waals surface area (Å²) in [4.78, 5) is 29.6. The highest BCUT2D eigenvalue weighted by atomic mass is 16.2. The molecule has 1 fully saturated rings. The first-order valence-electron chi connectivity index (χ1n) is 13.2. The molecule has 3 aromatic rings. The van der Waals surface area contributed by atoms with E-state index in [0.29, 0.717) is 13.0 Å². The van der Waals surface area contributed by atoms with Crippen LogP contribution in [0, 0.1) is 13.8 Å². The Morgan fingerprint density at radius 1 is 0.806 bits per heavy atom. The summed E-state index contributed by atoms with van der Waals surface area (Å²) in [6, 6.07) is 25.8. The zero-order valence-electron chi connectivity index (χ0n) is 21.6. The van der Waals surface area contributed by atoms with Crippen molar-refractivity contribution in [2.75, 3.05) is 0 Å². The maximum Gasteiger partial charge on any atom is 0.243 e. The van der Waals surface area contributed by atoms with Crippen molar-refractivity contribution in [1.29, 1.82) is 0 Å². The van der Waals surface area contributed by atoms with Crippen molar-refractivity contribution in [3.63, 3.8) is 0 Å². The highest BCUT2D eigenvalue weighted by Crippen LogP contribution is 2.21. The van der Waals surface area contributed by atoms with Gasteiger partial charge in [-0.1, -0.05) is 98.1 Å². The molecule has 4 heteroatoms. The number of hydrogen-bond donors (Lipinski definition) is 1. The quantitative estimate of drug-likeness (QED) is 0.411. The lowest BCUT2D eigenvalue weighted by Crippen LogP contribution is -2.53. The normalized spacial score (nSPS) is 14.7. The van der Waals surface area contributed by atoms with Gasteiger partial charge in [0.05, 0.1) is 6.42 Å². The highest BCUT2D eigenvalue weighted by molar-refractivity contribution is 5.89. The molecule has 0 spiro atoms. The smallest absolute Gasteiger partial charge is 0.243 e. The van der Waals surface area contributed by atoms with Crippen LogP contribution in [0.1, 0.15) is 59.9 Å². The van der Waals surface area contributed by atoms with E-state index in [0.717, 1.165) is 53.5 Å². The van der Waals surface area contributed by atoms with Gasteiger partial charge in [-0.2, -0.15) is 0 Å². The summed E-state index contributed by atoms with van der Waals surface area (Å²) in [5.74, 6) is -0.0650. The van der Waals surface area contributed by atoms with Crippen LogP contribution in [0.15, 0.2) is 78.9 Å². The Labute approximate surface area is 215 Å². The fraction of sp³-hybridized carbons (Fsp3) is 0.375. The maximum absolute atomic E-state index is 14.0. The van der Waals surface area contributed by atoms with Crippen LogP contribution < -0.4 is 5.32 Å². The van der Waals surface area contributed by atoms with Gasteiger partial charge in [0.15, 0.2) is 0 Å². The van der Waals surface area contributed by atoms with E-state index in [9.17, 15) is 9.59 Å². The highest BCUT2D eigenvalue weighted by Gasteiger charge is 2.32. The Kier molecular flexibility index (Phi) is 8.94. The summed E-state index contributed by atoms with van der Waals surface area (Å²) in [5, 5.41) is 3.32. The standard InChI is InChI=1S/C32H38N2O2/c1-24-13-9-11-17-27(24)22-31(35)34(23-28-18-12-10-14-25(28)2)30(21-26-15-5-3-6-16-26)32(36)33-29-19-7-4-8-20-29/h3,5-6,9-18,29-30H,4,7-8,19-23H2,1-2H3,(H,33,36). The minimum Gasteiger partial charge on any atom is -0.352 e. The Bertz CT molecular complexity index is 1150. The molecule has 1 saturated carbocycles. The number of nitrogens with zero attached hydrogens (tertiary/aromatic N) is 1. The van der Waals surface area contributed by atoms with Crippen molar-refractivity contribution in [2.45, 2.75) is 77.4 Å². The molecule has 36 heavy (non-hydrogen) atoms. The van der Waals surface area contributed by atoms with Crippen molar-refractivity contribution in [3.05, 3.63) is 107 Å². The molecule has 1 unspecified atom stereocenters. The van der Waals surface area contributed by atoms with Gasteiger partial charge in [-0.3, -0.25) is 9.59 Å². The molecule has 1 N–H and O–H groups in total. The SMILES string of the molecule is Cc1ccccc1CC(=O)N(Cc1ccccc1C)C(Cc1ccccc1)C(=O)NC1CCCCC1. The fourth-order valence-corrected chi connectivity index (χ4v) is 5.14. The second-order valence-electron chi connectivity index (χ2n) is 10.1. The van der Waals surface area contributed by atoms with Gasteiger partial charge in [-0.25, -0.2) is 0 Å². The molecule has 188 valence electrons. The number of aryl methyl sites for hydroxylation is 2. The Balaban J connectivity index is 1.67. The van der Waals surface area contributed by atoms with Crippen LogP contribution in [-0.4, -0.2) is 28.8 Å². The van der Waals surface area contributed by atoms with Crippen molar-refractivity contribution in [1.82, 2.24) is 10.2 Å². The predicted molar refractivity (Wildman–Crippen MR) is 146 cm³/mol. The molecule has 1 aliphatic carbocycles. The lowest BCUT2D eigenvalue weighted by Gasteiger charge is -2.34. The van der Waals surface area contributed by atoms with Gasteiger partial charge in [0.25, 0.3) is 0 Å². The predicted octanol–water partition coefficient (Wildman–Crippen LogP) is 5.93. The van der Waals surface area contributed by atoms with Crippen LogP contribution in [0.3, 0.4) is 0 Å². The molecule has 4 nitrogen and oxygen atoms in total. The van der Waals surface area contributed by atoms with Gasteiger partial charge in [0.2, 0.25) is 11.8 Å². The molecular weight excluding hydrogens is 444 g/mol. The number of amides is 2. The van der Waals surface area contributed by atoms with Gasteiger partial charge in [0, 0.05) is 19.0 Å². The second kappa shape index (κ2) is 12.5. The van der Waals surface area contributed by atoms with Crippen LogP contribution in [0.2, 0.25) is 0 Å². The minimum absolute atomic E-state index is 0.0210. The first-order chi connectivity index (χ1) is 17.5. The van der Waals surface area contributed by atoms with Crippen molar-refractivity contribution in [2.24, 2.45) is 0 Å². The monoisotopic (exact) mass is 482 g/mol. The third-order valence-corrected chi connectivity index (χ3v) is 7.43. The number of nitrogens with one attached hydrogen (secondary N) is 1. The van der Waals surface area contributed by atoms with Crippen LogP contribution in [-0.2, 0) is 29.0 Å². The van der Waals surface area contributed by atoms with Crippen LogP contribution in [0.5, 0.6) is 0 Å². The van der Waals surface area contributed by atoms with Crippen molar-refractivity contribution in [3.8, 4) is 0 Å². The number of rotatable bonds is 9. The summed E-state index contributed by atoms with van der Waals surface area (Å²) in [5.41, 5.74) is 5.34. The Morgan fingerprint density at radius 2 is 1.39 bits per heavy atom. The van der Waals surface area contributed by atoms with Crippen LogP contribution in [0.4, 0.5) is 0 Å². The number of benzene rings is 3. The molecule has 3 aromatic carbocycles. The topological polar surface area (TPSA) is 49.4 Å². The lowest BCUT2D eigenvalue weighted by atomic mass is 9.94. The fourth-order valence-electron chi connectivity index (χ4n) is 5.14. The van der Waals surface area contributed by atoms with Gasteiger partial charge in [-0.05, 0) is 54.5 Å². The zero-order chi connectivity index (χ0) is 25.3. The third-order valence-electron chi connectivity index (χ3n) is 7.43. The summed E-state index contributed by atoms with van der Waals surface area (Å²) >= 11 is 0. The Hall–Kier alpha value is -3.40. The average molecular weight is 483 g/mol. The molecule has 0 radical (unpaired) electrons. The third kappa shape index (κ3) is 6.84. The molecule has 0 heterocycles. The molecule has 0 aliphatic heterocycles. The molecule has 1 atom stereocenters. The van der Waals surface area contributed by atoms with E-state index >= 15 is 0 Å².